The van der Waals surface area contributed by atoms with E-state index in [1.54, 1.807) is 0 Å². The lowest BCUT2D eigenvalue weighted by Gasteiger charge is -2.10. The summed E-state index contributed by atoms with van der Waals surface area (Å²) in [6, 6.07) is 0. The van der Waals surface area contributed by atoms with Gasteiger partial charge >= 0.3 is 0 Å². The average molecular weight is 237 g/mol. The van der Waals surface area contributed by atoms with Crippen LogP contribution in [0.5, 0.6) is 0 Å². The highest BCUT2D eigenvalue weighted by atomic mass is 16.5. The summed E-state index contributed by atoms with van der Waals surface area (Å²) < 4.78 is 7.74. The number of ether oxygens (including phenoxy) is 1. The van der Waals surface area contributed by atoms with Crippen LogP contribution >= 0.6 is 0 Å². The van der Waals surface area contributed by atoms with Gasteiger partial charge in [-0.2, -0.15) is 5.10 Å². The van der Waals surface area contributed by atoms with Crippen molar-refractivity contribution in [2.24, 2.45) is 0 Å². The van der Waals surface area contributed by atoms with E-state index in [2.05, 4.69) is 28.9 Å². The van der Waals surface area contributed by atoms with Gasteiger partial charge in [-0.3, -0.25) is 4.68 Å². The van der Waals surface area contributed by atoms with Gasteiger partial charge in [-0.05, 0) is 32.7 Å². The van der Waals surface area contributed by atoms with Crippen molar-refractivity contribution in [3.63, 3.8) is 0 Å². The summed E-state index contributed by atoms with van der Waals surface area (Å²) >= 11 is 0. The maximum atomic E-state index is 5.63. The molecule has 1 aromatic rings. The maximum Gasteiger partial charge on any atom is 0.0593 e. The summed E-state index contributed by atoms with van der Waals surface area (Å²) in [5.74, 6) is 0. The highest BCUT2D eigenvalue weighted by Crippen LogP contribution is 2.17. The first-order valence-electron chi connectivity index (χ1n) is 6.65. The Morgan fingerprint density at radius 1 is 1.59 bits per heavy atom. The maximum absolute atomic E-state index is 5.63. The number of hydrogen-bond donors (Lipinski definition) is 1. The fourth-order valence-corrected chi connectivity index (χ4v) is 2.28. The zero-order valence-corrected chi connectivity index (χ0v) is 10.9. The van der Waals surface area contributed by atoms with Gasteiger partial charge in [0.15, 0.2) is 0 Å². The van der Waals surface area contributed by atoms with Crippen molar-refractivity contribution in [1.29, 1.82) is 0 Å². The first kappa shape index (κ1) is 12.6. The van der Waals surface area contributed by atoms with Gasteiger partial charge in [0.25, 0.3) is 0 Å². The molecule has 1 N–H and O–H groups in total. The minimum Gasteiger partial charge on any atom is -0.378 e. The molecule has 1 aliphatic heterocycles. The lowest BCUT2D eigenvalue weighted by molar-refractivity contribution is 0.0993. The minimum absolute atomic E-state index is 0.454. The molecule has 1 aromatic heterocycles. The van der Waals surface area contributed by atoms with Crippen molar-refractivity contribution >= 4 is 0 Å². The van der Waals surface area contributed by atoms with Gasteiger partial charge in [-0.1, -0.05) is 6.92 Å². The number of aromatic nitrogens is 2. The molecule has 1 saturated heterocycles. The van der Waals surface area contributed by atoms with Crippen LogP contribution in [0.4, 0.5) is 0 Å². The monoisotopic (exact) mass is 237 g/mol. The Hall–Kier alpha value is -0.870. The minimum atomic E-state index is 0.454. The van der Waals surface area contributed by atoms with Crippen LogP contribution in [0, 0.1) is 6.92 Å². The molecule has 0 saturated carbocycles. The number of hydrogen-bond acceptors (Lipinski definition) is 3. The molecule has 17 heavy (non-hydrogen) atoms. The first-order valence-corrected chi connectivity index (χ1v) is 6.65. The van der Waals surface area contributed by atoms with Crippen LogP contribution in [-0.2, 0) is 17.8 Å². The second kappa shape index (κ2) is 6.17. The molecule has 2 rings (SSSR count). The lowest BCUT2D eigenvalue weighted by Crippen LogP contribution is -2.14. The molecule has 4 nitrogen and oxygen atoms in total. The topological polar surface area (TPSA) is 39.1 Å². The molecule has 0 amide bonds. The smallest absolute Gasteiger partial charge is 0.0593 e. The van der Waals surface area contributed by atoms with Crippen LogP contribution in [0.15, 0.2) is 6.20 Å². The SMILES string of the molecule is CCNCc1cnn(CCC2CCCO2)c1C. The van der Waals surface area contributed by atoms with Crippen LogP contribution in [0.3, 0.4) is 0 Å². The molecule has 1 aliphatic rings. The van der Waals surface area contributed by atoms with E-state index >= 15 is 0 Å². The standard InChI is InChI=1S/C13H23N3O/c1-3-14-9-12-10-15-16(11(12)2)7-6-13-5-4-8-17-13/h10,13-14H,3-9H2,1-2H3. The molecular weight excluding hydrogens is 214 g/mol. The predicted molar refractivity (Wildman–Crippen MR) is 67.9 cm³/mol. The molecule has 4 heteroatoms. The van der Waals surface area contributed by atoms with Crippen molar-refractivity contribution in [3.05, 3.63) is 17.5 Å². The van der Waals surface area contributed by atoms with Crippen LogP contribution in [0.2, 0.25) is 0 Å². The highest BCUT2D eigenvalue weighted by molar-refractivity contribution is 5.15. The molecule has 0 spiro atoms. The van der Waals surface area contributed by atoms with Crippen molar-refractivity contribution < 1.29 is 4.74 Å². The largest absolute Gasteiger partial charge is 0.378 e. The van der Waals surface area contributed by atoms with E-state index in [1.165, 1.54) is 24.1 Å². The fraction of sp³-hybridized carbons (Fsp3) is 0.769. The van der Waals surface area contributed by atoms with Crippen molar-refractivity contribution in [2.75, 3.05) is 13.2 Å². The van der Waals surface area contributed by atoms with E-state index < -0.39 is 0 Å². The normalized spacial score (nSPS) is 20.0. The lowest BCUT2D eigenvalue weighted by atomic mass is 10.2. The van der Waals surface area contributed by atoms with Gasteiger partial charge in [0.05, 0.1) is 12.3 Å². The third-order valence-electron chi connectivity index (χ3n) is 3.46. The molecule has 0 aromatic carbocycles. The Labute approximate surface area is 103 Å². The molecular formula is C13H23N3O. The van der Waals surface area contributed by atoms with Gasteiger partial charge in [-0.25, -0.2) is 0 Å². The van der Waals surface area contributed by atoms with Crippen LogP contribution in [0.1, 0.15) is 37.4 Å². The molecule has 0 aliphatic carbocycles. The molecule has 1 fully saturated rings. The predicted octanol–water partition coefficient (Wildman–Crippen LogP) is 1.87. The second-order valence-electron chi connectivity index (χ2n) is 4.68. The Morgan fingerprint density at radius 3 is 3.18 bits per heavy atom. The zero-order chi connectivity index (χ0) is 12.1. The van der Waals surface area contributed by atoms with Gasteiger partial charge < -0.3 is 10.1 Å². The molecule has 1 unspecified atom stereocenters. The summed E-state index contributed by atoms with van der Waals surface area (Å²) in [5.41, 5.74) is 2.59. The van der Waals surface area contributed by atoms with E-state index in [4.69, 9.17) is 4.74 Å². The summed E-state index contributed by atoms with van der Waals surface area (Å²) in [6.45, 7) is 8.10. The number of nitrogens with one attached hydrogen (secondary N) is 1. The summed E-state index contributed by atoms with van der Waals surface area (Å²) in [6.07, 6.45) is 5.95. The summed E-state index contributed by atoms with van der Waals surface area (Å²) in [7, 11) is 0. The Balaban J connectivity index is 1.85. The third-order valence-corrected chi connectivity index (χ3v) is 3.46. The van der Waals surface area contributed by atoms with Crippen molar-refractivity contribution in [2.45, 2.75) is 52.3 Å². The Kier molecular flexibility index (Phi) is 4.57. The highest BCUT2D eigenvalue weighted by Gasteiger charge is 2.16. The van der Waals surface area contributed by atoms with Crippen LogP contribution < -0.4 is 5.32 Å². The van der Waals surface area contributed by atoms with Crippen LogP contribution in [0.25, 0.3) is 0 Å². The number of rotatable bonds is 6. The molecule has 1 atom stereocenters. The quantitative estimate of drug-likeness (QED) is 0.821. The molecule has 2 heterocycles. The molecule has 96 valence electrons. The fourth-order valence-electron chi connectivity index (χ4n) is 2.28. The number of aryl methyl sites for hydroxylation is 1. The summed E-state index contributed by atoms with van der Waals surface area (Å²) in [5, 5.41) is 7.79. The van der Waals surface area contributed by atoms with Gasteiger partial charge in [-0.15, -0.1) is 0 Å². The Morgan fingerprint density at radius 2 is 2.47 bits per heavy atom. The zero-order valence-electron chi connectivity index (χ0n) is 10.9. The van der Waals surface area contributed by atoms with Crippen molar-refractivity contribution in [3.8, 4) is 0 Å². The van der Waals surface area contributed by atoms with E-state index in [0.29, 0.717) is 6.10 Å². The average Bonchev–Trinajstić information content (AvgIpc) is 2.95. The van der Waals surface area contributed by atoms with Gasteiger partial charge in [0.1, 0.15) is 0 Å². The summed E-state index contributed by atoms with van der Waals surface area (Å²) in [4.78, 5) is 0. The third kappa shape index (κ3) is 3.30. The first-order chi connectivity index (χ1) is 8.31. The molecule has 0 radical (unpaired) electrons. The molecule has 0 bridgehead atoms. The second-order valence-corrected chi connectivity index (χ2v) is 4.68. The van der Waals surface area contributed by atoms with Gasteiger partial charge in [0, 0.05) is 31.0 Å². The number of nitrogens with zero attached hydrogens (tertiary/aromatic N) is 2. The van der Waals surface area contributed by atoms with E-state index in [1.807, 2.05) is 6.20 Å². The van der Waals surface area contributed by atoms with Gasteiger partial charge in [0.2, 0.25) is 0 Å². The Bertz CT molecular complexity index is 342. The van der Waals surface area contributed by atoms with E-state index in [-0.39, 0.29) is 0 Å². The van der Waals surface area contributed by atoms with E-state index in [0.717, 1.165) is 32.7 Å². The van der Waals surface area contributed by atoms with Crippen LogP contribution in [-0.4, -0.2) is 29.0 Å². The van der Waals surface area contributed by atoms with Crippen molar-refractivity contribution in [1.82, 2.24) is 15.1 Å². The van der Waals surface area contributed by atoms with E-state index in [9.17, 15) is 0 Å².